The van der Waals surface area contributed by atoms with Crippen molar-refractivity contribution in [3.8, 4) is 5.88 Å². The number of hydrogen-bond donors (Lipinski definition) is 1. The first-order chi connectivity index (χ1) is 12.2. The number of carboxylic acid groups (broad SMARTS) is 1. The normalized spacial score (nSPS) is 27.3. The van der Waals surface area contributed by atoms with Crippen LogP contribution in [0.5, 0.6) is 5.88 Å². The highest BCUT2D eigenvalue weighted by atomic mass is 16.7. The molecule has 2 aliphatic rings. The van der Waals surface area contributed by atoms with Crippen molar-refractivity contribution in [3.05, 3.63) is 18.3 Å². The smallest absolute Gasteiger partial charge is 0.481 e. The summed E-state index contributed by atoms with van der Waals surface area (Å²) < 4.78 is 18.0. The molecule has 0 aromatic carbocycles. The predicted octanol–water partition coefficient (Wildman–Crippen LogP) is 2.79. The number of aliphatic carboxylic acids is 1. The van der Waals surface area contributed by atoms with Crippen LogP contribution in [-0.2, 0) is 14.1 Å². The summed E-state index contributed by atoms with van der Waals surface area (Å²) in [5.74, 6) is 0.146. The molecular weight excluding hydrogens is 333 g/mol. The number of aromatic nitrogens is 1. The number of carboxylic acids is 1. The van der Waals surface area contributed by atoms with Gasteiger partial charge in [0.2, 0.25) is 5.88 Å². The van der Waals surface area contributed by atoms with Gasteiger partial charge in [0.25, 0.3) is 0 Å². The fourth-order valence-corrected chi connectivity index (χ4v) is 3.45. The van der Waals surface area contributed by atoms with Gasteiger partial charge in [0, 0.05) is 18.1 Å². The maximum absolute atomic E-state index is 10.8. The van der Waals surface area contributed by atoms with E-state index < -0.39 is 13.1 Å². The summed E-state index contributed by atoms with van der Waals surface area (Å²) in [6.45, 7) is 8.11. The van der Waals surface area contributed by atoms with Crippen molar-refractivity contribution in [1.29, 1.82) is 0 Å². The molecule has 26 heavy (non-hydrogen) atoms. The Kier molecular flexibility index (Phi) is 5.31. The summed E-state index contributed by atoms with van der Waals surface area (Å²) in [5.41, 5.74) is 0.129. The van der Waals surface area contributed by atoms with Gasteiger partial charge in [-0.1, -0.05) is 6.07 Å². The lowest BCUT2D eigenvalue weighted by atomic mass is 9.80. The zero-order chi connectivity index (χ0) is 18.9. The van der Waals surface area contributed by atoms with E-state index in [0.29, 0.717) is 5.88 Å². The van der Waals surface area contributed by atoms with Crippen molar-refractivity contribution in [2.24, 2.45) is 5.92 Å². The number of pyridine rings is 1. The monoisotopic (exact) mass is 361 g/mol. The molecule has 1 N–H and O–H groups in total. The van der Waals surface area contributed by atoms with E-state index in [4.69, 9.17) is 19.2 Å². The third kappa shape index (κ3) is 4.21. The average molecular weight is 361 g/mol. The van der Waals surface area contributed by atoms with Crippen molar-refractivity contribution < 1.29 is 23.9 Å². The lowest BCUT2D eigenvalue weighted by molar-refractivity contribution is -0.138. The maximum Gasteiger partial charge on any atom is 0.496 e. The fourth-order valence-electron chi connectivity index (χ4n) is 3.45. The molecule has 1 aliphatic heterocycles. The molecule has 1 saturated carbocycles. The number of nitrogens with zero attached hydrogens (tertiary/aromatic N) is 1. The van der Waals surface area contributed by atoms with Gasteiger partial charge < -0.3 is 19.2 Å². The van der Waals surface area contributed by atoms with Crippen LogP contribution in [0.1, 0.15) is 59.8 Å². The molecule has 6 nitrogen and oxygen atoms in total. The molecule has 0 radical (unpaired) electrons. The van der Waals surface area contributed by atoms with Crippen LogP contribution in [0.25, 0.3) is 0 Å². The summed E-state index contributed by atoms with van der Waals surface area (Å²) in [5, 5.41) is 8.89. The SMILES string of the molecule is CC1(C)OB(c2ccc(O[C@H]3CC[C@@H](CC(=O)O)CC3)nc2)OC1(C)C. The standard InChI is InChI=1S/C19H28BNO5/c1-18(2)19(3,4)26-20(25-18)14-7-10-16(21-12-14)24-15-8-5-13(6-9-15)11-17(22)23/h7,10,12-13,15H,5-6,8-9,11H2,1-4H3,(H,22,23)/t13-,15+. The van der Waals surface area contributed by atoms with E-state index >= 15 is 0 Å². The van der Waals surface area contributed by atoms with Crippen LogP contribution in [0.4, 0.5) is 0 Å². The first-order valence-electron chi connectivity index (χ1n) is 9.36. The Balaban J connectivity index is 1.54. The molecule has 2 fully saturated rings. The molecule has 0 bridgehead atoms. The summed E-state index contributed by atoms with van der Waals surface area (Å²) in [6.07, 6.45) is 5.64. The lowest BCUT2D eigenvalue weighted by Gasteiger charge is -2.32. The Hall–Kier alpha value is -1.60. The molecule has 1 aliphatic carbocycles. The van der Waals surface area contributed by atoms with E-state index in [-0.39, 0.29) is 29.6 Å². The van der Waals surface area contributed by atoms with E-state index in [1.54, 1.807) is 6.20 Å². The van der Waals surface area contributed by atoms with Crippen LogP contribution in [-0.4, -0.2) is 40.5 Å². The van der Waals surface area contributed by atoms with Crippen LogP contribution in [0.2, 0.25) is 0 Å². The van der Waals surface area contributed by atoms with Crippen molar-refractivity contribution in [1.82, 2.24) is 4.98 Å². The van der Waals surface area contributed by atoms with Crippen LogP contribution in [0, 0.1) is 5.92 Å². The van der Waals surface area contributed by atoms with Gasteiger partial charge in [0.05, 0.1) is 11.2 Å². The Morgan fingerprint density at radius 1 is 1.19 bits per heavy atom. The Labute approximate surface area is 155 Å². The minimum absolute atomic E-state index is 0.107. The van der Waals surface area contributed by atoms with Crippen molar-refractivity contribution in [2.45, 2.75) is 77.1 Å². The maximum atomic E-state index is 10.8. The van der Waals surface area contributed by atoms with Gasteiger partial charge in [-0.25, -0.2) is 4.98 Å². The third-order valence-corrected chi connectivity index (χ3v) is 5.83. The van der Waals surface area contributed by atoms with Crippen molar-refractivity contribution >= 4 is 18.6 Å². The molecule has 0 unspecified atom stereocenters. The third-order valence-electron chi connectivity index (χ3n) is 5.83. The Morgan fingerprint density at radius 3 is 2.31 bits per heavy atom. The average Bonchev–Trinajstić information content (AvgIpc) is 2.77. The van der Waals surface area contributed by atoms with Gasteiger partial charge in [-0.2, -0.15) is 0 Å². The minimum atomic E-state index is -0.714. The molecule has 2 heterocycles. The van der Waals surface area contributed by atoms with Crippen LogP contribution in [0.15, 0.2) is 18.3 Å². The highest BCUT2D eigenvalue weighted by molar-refractivity contribution is 6.62. The molecule has 0 amide bonds. The van der Waals surface area contributed by atoms with E-state index in [9.17, 15) is 4.79 Å². The van der Waals surface area contributed by atoms with Gasteiger partial charge in [0.1, 0.15) is 6.10 Å². The Morgan fingerprint density at radius 2 is 1.81 bits per heavy atom. The van der Waals surface area contributed by atoms with E-state index in [1.165, 1.54) is 0 Å². The summed E-state index contributed by atoms with van der Waals surface area (Å²) in [7, 11) is -0.423. The molecule has 1 aromatic heterocycles. The number of ether oxygens (including phenoxy) is 1. The van der Waals surface area contributed by atoms with Crippen LogP contribution >= 0.6 is 0 Å². The van der Waals surface area contributed by atoms with E-state index in [2.05, 4.69) is 4.98 Å². The summed E-state index contributed by atoms with van der Waals surface area (Å²) >= 11 is 0. The second-order valence-electron chi connectivity index (χ2n) is 8.38. The van der Waals surface area contributed by atoms with Gasteiger partial charge in [0.15, 0.2) is 0 Å². The molecule has 142 valence electrons. The Bertz CT molecular complexity index is 622. The highest BCUT2D eigenvalue weighted by Crippen LogP contribution is 2.36. The van der Waals surface area contributed by atoms with Crippen LogP contribution < -0.4 is 10.2 Å². The number of rotatable bonds is 5. The molecule has 0 spiro atoms. The van der Waals surface area contributed by atoms with Gasteiger partial charge in [-0.3, -0.25) is 4.79 Å². The molecule has 7 heteroatoms. The van der Waals surface area contributed by atoms with Gasteiger partial charge in [-0.05, 0) is 65.4 Å². The zero-order valence-corrected chi connectivity index (χ0v) is 16.0. The van der Waals surface area contributed by atoms with E-state index in [0.717, 1.165) is 31.1 Å². The molecule has 3 rings (SSSR count). The second kappa shape index (κ2) is 7.20. The first kappa shape index (κ1) is 19.2. The number of hydrogen-bond acceptors (Lipinski definition) is 5. The van der Waals surface area contributed by atoms with Gasteiger partial charge in [-0.15, -0.1) is 0 Å². The topological polar surface area (TPSA) is 77.9 Å². The minimum Gasteiger partial charge on any atom is -0.481 e. The molecule has 0 atom stereocenters. The van der Waals surface area contributed by atoms with Gasteiger partial charge >= 0.3 is 13.1 Å². The predicted molar refractivity (Wildman–Crippen MR) is 98.6 cm³/mol. The first-order valence-corrected chi connectivity index (χ1v) is 9.36. The van der Waals surface area contributed by atoms with Crippen molar-refractivity contribution in [3.63, 3.8) is 0 Å². The molecular formula is C19H28BNO5. The van der Waals surface area contributed by atoms with E-state index in [1.807, 2.05) is 39.8 Å². The molecule has 1 saturated heterocycles. The highest BCUT2D eigenvalue weighted by Gasteiger charge is 2.51. The quantitative estimate of drug-likeness (QED) is 0.813. The summed E-state index contributed by atoms with van der Waals surface area (Å²) in [6, 6.07) is 3.78. The largest absolute Gasteiger partial charge is 0.496 e. The van der Waals surface area contributed by atoms with Crippen molar-refractivity contribution in [2.75, 3.05) is 0 Å². The number of carbonyl (C=O) groups is 1. The second-order valence-corrected chi connectivity index (χ2v) is 8.38. The lowest BCUT2D eigenvalue weighted by Crippen LogP contribution is -2.41. The fraction of sp³-hybridized carbons (Fsp3) is 0.684. The summed E-state index contributed by atoms with van der Waals surface area (Å²) in [4.78, 5) is 15.2. The van der Waals surface area contributed by atoms with Crippen LogP contribution in [0.3, 0.4) is 0 Å². The zero-order valence-electron chi connectivity index (χ0n) is 16.0. The molecule has 1 aromatic rings.